The number of hydrogen-bond donors (Lipinski definition) is 6. The molecule has 0 bridgehead atoms. The van der Waals surface area contributed by atoms with Crippen molar-refractivity contribution in [2.45, 2.75) is 51.0 Å². The zero-order chi connectivity index (χ0) is 33.3. The van der Waals surface area contributed by atoms with Gasteiger partial charge in [-0.15, -0.1) is 17.5 Å². The van der Waals surface area contributed by atoms with Gasteiger partial charge in [0.2, 0.25) is 17.7 Å². The molecule has 1 aliphatic carbocycles. The predicted molar refractivity (Wildman–Crippen MR) is 192 cm³/mol. The van der Waals surface area contributed by atoms with Crippen LogP contribution in [0.2, 0.25) is 0 Å². The molecule has 1 saturated carbocycles. The minimum Gasteiger partial charge on any atom is -0.344 e. The van der Waals surface area contributed by atoms with Crippen molar-refractivity contribution in [2.24, 2.45) is 23.5 Å². The van der Waals surface area contributed by atoms with Gasteiger partial charge in [0.15, 0.2) is 5.82 Å². The Hall–Kier alpha value is -4.65. The average Bonchev–Trinajstić information content (AvgIpc) is 3.68. The third kappa shape index (κ3) is 9.28. The van der Waals surface area contributed by atoms with E-state index in [0.29, 0.717) is 30.4 Å². The van der Waals surface area contributed by atoms with Gasteiger partial charge in [0.25, 0.3) is 0 Å². The Bertz CT molecular complexity index is 1670. The summed E-state index contributed by atoms with van der Waals surface area (Å²) in [6.45, 7) is 2.34. The zero-order valence-corrected chi connectivity index (χ0v) is 28.2. The normalized spacial score (nSPS) is 18.5. The fourth-order valence-electron chi connectivity index (χ4n) is 6.60. The third-order valence-corrected chi connectivity index (χ3v) is 9.55. The molecule has 13 heteroatoms. The molecule has 4 aromatic rings. The van der Waals surface area contributed by atoms with Crippen molar-refractivity contribution in [2.75, 3.05) is 30.3 Å². The molecular weight excluding hydrogens is 642 g/mol. The Morgan fingerprint density at radius 2 is 1.47 bits per heavy atom. The van der Waals surface area contributed by atoms with Gasteiger partial charge in [-0.1, -0.05) is 42.5 Å². The van der Waals surface area contributed by atoms with Crippen molar-refractivity contribution in [3.63, 3.8) is 0 Å². The van der Waals surface area contributed by atoms with Crippen LogP contribution in [0.15, 0.2) is 72.8 Å². The monoisotopic (exact) mass is 685 g/mol. The van der Waals surface area contributed by atoms with Gasteiger partial charge in [-0.25, -0.2) is 5.10 Å². The van der Waals surface area contributed by atoms with Crippen molar-refractivity contribution in [1.82, 2.24) is 31.3 Å². The minimum absolute atomic E-state index is 0. The first kappa shape index (κ1) is 35.7. The molecule has 1 saturated heterocycles. The van der Waals surface area contributed by atoms with E-state index in [1.165, 1.54) is 0 Å². The maximum absolute atomic E-state index is 13.7. The lowest BCUT2D eigenvalue weighted by Gasteiger charge is -2.28. The van der Waals surface area contributed by atoms with E-state index >= 15 is 0 Å². The van der Waals surface area contributed by atoms with Crippen LogP contribution in [0.1, 0.15) is 44.1 Å². The summed E-state index contributed by atoms with van der Waals surface area (Å²) in [4.78, 5) is 40.1. The number of nitrogens with zero attached hydrogens (tertiary/aromatic N) is 3. The van der Waals surface area contributed by atoms with Crippen molar-refractivity contribution in [3.8, 4) is 22.5 Å². The molecule has 1 atom stereocenters. The van der Waals surface area contributed by atoms with E-state index in [4.69, 9.17) is 5.73 Å². The fourth-order valence-corrected chi connectivity index (χ4v) is 6.60. The van der Waals surface area contributed by atoms with Crippen LogP contribution in [0.3, 0.4) is 0 Å². The first-order valence-corrected chi connectivity index (χ1v) is 16.8. The second-order valence-electron chi connectivity index (χ2n) is 12.8. The number of hydrogen-bond acceptors (Lipinski definition) is 8. The van der Waals surface area contributed by atoms with Crippen LogP contribution in [0.4, 0.5) is 11.4 Å². The summed E-state index contributed by atoms with van der Waals surface area (Å²) in [5.41, 5.74) is 10.8. The van der Waals surface area contributed by atoms with E-state index in [0.717, 1.165) is 79.6 Å². The van der Waals surface area contributed by atoms with Crippen LogP contribution in [0.5, 0.6) is 0 Å². The summed E-state index contributed by atoms with van der Waals surface area (Å²) in [6, 6.07) is 22.1. The van der Waals surface area contributed by atoms with Gasteiger partial charge >= 0.3 is 0 Å². The Balaban J connectivity index is 0.00000468. The number of tetrazole rings is 1. The van der Waals surface area contributed by atoms with Crippen LogP contribution in [-0.4, -0.2) is 64.0 Å². The van der Waals surface area contributed by atoms with E-state index in [-0.39, 0.29) is 42.0 Å². The summed E-state index contributed by atoms with van der Waals surface area (Å²) in [5.74, 6) is 0.474. The van der Waals surface area contributed by atoms with Gasteiger partial charge < -0.3 is 27.0 Å². The van der Waals surface area contributed by atoms with Crippen molar-refractivity contribution >= 4 is 41.5 Å². The summed E-state index contributed by atoms with van der Waals surface area (Å²) in [7, 11) is 0. The van der Waals surface area contributed by atoms with Crippen LogP contribution < -0.4 is 27.0 Å². The van der Waals surface area contributed by atoms with Gasteiger partial charge in [-0.3, -0.25) is 14.4 Å². The largest absolute Gasteiger partial charge is 0.344 e. The molecule has 49 heavy (non-hydrogen) atoms. The van der Waals surface area contributed by atoms with E-state index in [9.17, 15) is 14.4 Å². The Labute approximate surface area is 292 Å². The Morgan fingerprint density at radius 1 is 0.796 bits per heavy atom. The fraction of sp³-hybridized carbons (Fsp3) is 0.389. The molecule has 3 aromatic carbocycles. The number of aromatic amines is 1. The molecule has 1 aliphatic heterocycles. The van der Waals surface area contributed by atoms with Crippen molar-refractivity contribution in [3.05, 3.63) is 78.4 Å². The molecule has 2 fully saturated rings. The molecule has 258 valence electrons. The SMILES string of the molecule is Cl.NC[C@H]1CC[C@H](C(=O)N[C@@H](Cc2ccc(-c3ccccc3NC(=O)C3CCNCC3)cc2)C(=O)Nc2ccc(-c3nnn[nH]3)cc2)CC1. The third-order valence-electron chi connectivity index (χ3n) is 9.55. The van der Waals surface area contributed by atoms with Crippen LogP contribution in [0.25, 0.3) is 22.5 Å². The average molecular weight is 686 g/mol. The molecular formula is C36H44ClN9O3. The maximum atomic E-state index is 13.7. The summed E-state index contributed by atoms with van der Waals surface area (Å²) in [5, 5.41) is 26.4. The lowest BCUT2D eigenvalue weighted by molar-refractivity contribution is -0.130. The number of amides is 3. The first-order valence-electron chi connectivity index (χ1n) is 16.8. The number of para-hydroxylation sites is 1. The minimum atomic E-state index is -0.787. The predicted octanol–water partition coefficient (Wildman–Crippen LogP) is 4.32. The zero-order valence-electron chi connectivity index (χ0n) is 27.4. The summed E-state index contributed by atoms with van der Waals surface area (Å²) in [6.07, 6.45) is 5.33. The number of nitrogens with one attached hydrogen (secondary N) is 5. The summed E-state index contributed by atoms with van der Waals surface area (Å²) < 4.78 is 0. The molecule has 2 heterocycles. The smallest absolute Gasteiger partial charge is 0.247 e. The number of aromatic nitrogens is 4. The highest BCUT2D eigenvalue weighted by Gasteiger charge is 2.29. The number of carbonyl (C=O) groups excluding carboxylic acids is 3. The van der Waals surface area contributed by atoms with Gasteiger partial charge in [0.05, 0.1) is 0 Å². The number of rotatable bonds is 11. The number of halogens is 1. The molecule has 0 unspecified atom stereocenters. The maximum Gasteiger partial charge on any atom is 0.247 e. The first-order chi connectivity index (χ1) is 23.5. The standard InChI is InChI=1S/C36H43N9O3.ClH/c37-22-24-7-11-27(12-8-24)34(46)41-32(36(48)39-29-15-13-26(14-16-29)33-42-44-45-43-33)21-23-5-9-25(10-6-23)30-3-1-2-4-31(30)40-35(47)28-17-19-38-20-18-28;/h1-6,9-10,13-16,24,27-28,32,38H,7-8,11-12,17-22,37H2,(H,39,48)(H,40,47)(H,41,46)(H,42,43,44,45);1H/t24-,27-,32-;/m0./s1. The second kappa shape index (κ2) is 17.1. The lowest BCUT2D eigenvalue weighted by atomic mass is 9.81. The van der Waals surface area contributed by atoms with E-state index in [2.05, 4.69) is 41.9 Å². The molecule has 6 rings (SSSR count). The van der Waals surface area contributed by atoms with Crippen molar-refractivity contribution < 1.29 is 14.4 Å². The highest BCUT2D eigenvalue weighted by Crippen LogP contribution is 2.30. The lowest BCUT2D eigenvalue weighted by Crippen LogP contribution is -2.48. The number of benzene rings is 3. The molecule has 12 nitrogen and oxygen atoms in total. The quantitative estimate of drug-likeness (QED) is 0.135. The van der Waals surface area contributed by atoms with E-state index in [1.807, 2.05) is 60.7 Å². The number of piperidine rings is 1. The highest BCUT2D eigenvalue weighted by atomic mass is 35.5. The van der Waals surface area contributed by atoms with Crippen LogP contribution in [-0.2, 0) is 20.8 Å². The number of anilines is 2. The van der Waals surface area contributed by atoms with Gasteiger partial charge in [-0.2, -0.15) is 0 Å². The Morgan fingerprint density at radius 3 is 2.14 bits per heavy atom. The van der Waals surface area contributed by atoms with Crippen molar-refractivity contribution in [1.29, 1.82) is 0 Å². The Kier molecular flexibility index (Phi) is 12.5. The number of nitrogens with two attached hydrogens (primary N) is 1. The van der Waals surface area contributed by atoms with Gasteiger partial charge in [0, 0.05) is 40.8 Å². The van der Waals surface area contributed by atoms with Crippen LogP contribution in [0, 0.1) is 17.8 Å². The molecule has 3 amide bonds. The molecule has 0 radical (unpaired) electrons. The molecule has 1 aromatic heterocycles. The topological polar surface area (TPSA) is 180 Å². The summed E-state index contributed by atoms with van der Waals surface area (Å²) >= 11 is 0. The van der Waals surface area contributed by atoms with Crippen LogP contribution >= 0.6 is 12.4 Å². The highest BCUT2D eigenvalue weighted by molar-refractivity contribution is 5.98. The second-order valence-corrected chi connectivity index (χ2v) is 12.8. The van der Waals surface area contributed by atoms with Gasteiger partial charge in [-0.05, 0) is 116 Å². The van der Waals surface area contributed by atoms with E-state index < -0.39 is 6.04 Å². The van der Waals surface area contributed by atoms with E-state index in [1.54, 1.807) is 12.1 Å². The molecule has 0 spiro atoms. The molecule has 7 N–H and O–H groups in total. The number of H-pyrrole nitrogens is 1. The number of carbonyl (C=O) groups is 3. The van der Waals surface area contributed by atoms with Gasteiger partial charge in [0.1, 0.15) is 6.04 Å². The molecule has 2 aliphatic rings.